The summed E-state index contributed by atoms with van der Waals surface area (Å²) in [5.74, 6) is 2.46. The van der Waals surface area contributed by atoms with Crippen molar-refractivity contribution in [2.75, 3.05) is 6.61 Å². The molecule has 80 valence electrons. The zero-order valence-electron chi connectivity index (χ0n) is 9.36. The summed E-state index contributed by atoms with van der Waals surface area (Å²) >= 11 is 0. The Labute approximate surface area is 96.1 Å². The van der Waals surface area contributed by atoms with Gasteiger partial charge in [-0.15, -0.1) is 6.42 Å². The maximum absolute atomic E-state index is 5.31. The van der Waals surface area contributed by atoms with Gasteiger partial charge in [0.1, 0.15) is 6.61 Å². The fourth-order valence-corrected chi connectivity index (χ4v) is 1.81. The van der Waals surface area contributed by atoms with Crippen molar-refractivity contribution in [2.24, 2.45) is 0 Å². The van der Waals surface area contributed by atoms with Crippen LogP contribution in [0.1, 0.15) is 11.1 Å². The van der Waals surface area contributed by atoms with Gasteiger partial charge >= 0.3 is 0 Å². The van der Waals surface area contributed by atoms with E-state index >= 15 is 0 Å². The van der Waals surface area contributed by atoms with Crippen LogP contribution in [-0.2, 0) is 11.3 Å². The number of rotatable bonds is 3. The molecular formula is C15H14O. The maximum Gasteiger partial charge on any atom is 0.107 e. The normalized spacial score (nSPS) is 10.2. The smallest absolute Gasteiger partial charge is 0.107 e. The Morgan fingerprint density at radius 2 is 2.12 bits per heavy atom. The summed E-state index contributed by atoms with van der Waals surface area (Å²) in [5, 5.41) is 2.55. The van der Waals surface area contributed by atoms with E-state index in [0.29, 0.717) is 13.2 Å². The molecule has 0 bridgehead atoms. The van der Waals surface area contributed by atoms with Gasteiger partial charge in [-0.3, -0.25) is 0 Å². The first-order valence-corrected chi connectivity index (χ1v) is 5.31. The molecule has 0 aliphatic carbocycles. The molecule has 0 N–H and O–H groups in total. The van der Waals surface area contributed by atoms with Gasteiger partial charge in [-0.05, 0) is 34.9 Å². The van der Waals surface area contributed by atoms with Crippen LogP contribution in [0, 0.1) is 19.3 Å². The van der Waals surface area contributed by atoms with Crippen LogP contribution in [0.2, 0.25) is 0 Å². The van der Waals surface area contributed by atoms with Crippen LogP contribution in [0.25, 0.3) is 10.8 Å². The first-order chi connectivity index (χ1) is 7.81. The third-order valence-corrected chi connectivity index (χ3v) is 2.62. The molecule has 1 nitrogen and oxygen atoms in total. The van der Waals surface area contributed by atoms with E-state index in [2.05, 4.69) is 49.2 Å². The summed E-state index contributed by atoms with van der Waals surface area (Å²) in [6, 6.07) is 12.7. The van der Waals surface area contributed by atoms with Crippen LogP contribution in [0.15, 0.2) is 36.4 Å². The molecule has 2 aromatic carbocycles. The van der Waals surface area contributed by atoms with Crippen LogP contribution >= 0.6 is 0 Å². The lowest BCUT2D eigenvalue weighted by Gasteiger charge is -2.05. The number of hydrogen-bond acceptors (Lipinski definition) is 1. The lowest BCUT2D eigenvalue weighted by molar-refractivity contribution is 0.153. The standard InChI is InChI=1S/C15H14O/c1-3-9-16-11-13-7-8-15-12(2)5-4-6-14(15)10-13/h1,4-8,10H,9,11H2,2H3. The number of benzene rings is 2. The Kier molecular flexibility index (Phi) is 3.24. The summed E-state index contributed by atoms with van der Waals surface area (Å²) in [4.78, 5) is 0. The zero-order valence-corrected chi connectivity index (χ0v) is 9.36. The second-order valence-electron chi connectivity index (χ2n) is 3.83. The number of hydrogen-bond donors (Lipinski definition) is 0. The Balaban J connectivity index is 2.27. The van der Waals surface area contributed by atoms with Crippen molar-refractivity contribution in [3.8, 4) is 12.3 Å². The van der Waals surface area contributed by atoms with Crippen molar-refractivity contribution >= 4 is 10.8 Å². The number of aryl methyl sites for hydroxylation is 1. The fraction of sp³-hybridized carbons (Fsp3) is 0.200. The zero-order chi connectivity index (χ0) is 11.4. The summed E-state index contributed by atoms with van der Waals surface area (Å²) < 4.78 is 5.31. The molecule has 0 aliphatic rings. The highest BCUT2D eigenvalue weighted by molar-refractivity contribution is 5.86. The highest BCUT2D eigenvalue weighted by Gasteiger charge is 1.98. The average molecular weight is 210 g/mol. The van der Waals surface area contributed by atoms with Crippen LogP contribution in [0.5, 0.6) is 0 Å². The second kappa shape index (κ2) is 4.83. The van der Waals surface area contributed by atoms with E-state index in [-0.39, 0.29) is 0 Å². The molecule has 2 rings (SSSR count). The highest BCUT2D eigenvalue weighted by Crippen LogP contribution is 2.19. The Bertz CT molecular complexity index is 535. The molecule has 1 heteroatoms. The third-order valence-electron chi connectivity index (χ3n) is 2.62. The molecule has 0 aromatic heterocycles. The van der Waals surface area contributed by atoms with E-state index in [4.69, 9.17) is 11.2 Å². The van der Waals surface area contributed by atoms with Gasteiger partial charge < -0.3 is 4.74 Å². The van der Waals surface area contributed by atoms with Crippen molar-refractivity contribution in [3.63, 3.8) is 0 Å². The Morgan fingerprint density at radius 1 is 1.25 bits per heavy atom. The summed E-state index contributed by atoms with van der Waals surface area (Å²) in [5.41, 5.74) is 2.46. The van der Waals surface area contributed by atoms with E-state index in [9.17, 15) is 0 Å². The number of fused-ring (bicyclic) bond motifs is 1. The van der Waals surface area contributed by atoms with Gasteiger partial charge in [0.25, 0.3) is 0 Å². The third kappa shape index (κ3) is 2.24. The minimum absolute atomic E-state index is 0.367. The second-order valence-corrected chi connectivity index (χ2v) is 3.83. The van der Waals surface area contributed by atoms with Gasteiger partial charge in [0.2, 0.25) is 0 Å². The topological polar surface area (TPSA) is 9.23 Å². The van der Waals surface area contributed by atoms with Gasteiger partial charge in [0.05, 0.1) is 6.61 Å². The van der Waals surface area contributed by atoms with E-state index < -0.39 is 0 Å². The highest BCUT2D eigenvalue weighted by atomic mass is 16.5. The molecule has 0 amide bonds. The molecular weight excluding hydrogens is 196 g/mol. The van der Waals surface area contributed by atoms with Crippen molar-refractivity contribution in [3.05, 3.63) is 47.5 Å². The van der Waals surface area contributed by atoms with Gasteiger partial charge in [0.15, 0.2) is 0 Å². The largest absolute Gasteiger partial charge is 0.364 e. The quantitative estimate of drug-likeness (QED) is 0.558. The van der Waals surface area contributed by atoms with Crippen molar-refractivity contribution in [1.29, 1.82) is 0 Å². The van der Waals surface area contributed by atoms with Gasteiger partial charge in [-0.1, -0.05) is 36.3 Å². The lowest BCUT2D eigenvalue weighted by Crippen LogP contribution is -1.93. The summed E-state index contributed by atoms with van der Waals surface area (Å²) in [6.07, 6.45) is 5.13. The molecule has 0 saturated carbocycles. The maximum atomic E-state index is 5.31. The lowest BCUT2D eigenvalue weighted by atomic mass is 10.0. The first kappa shape index (κ1) is 10.7. The number of terminal acetylenes is 1. The fourth-order valence-electron chi connectivity index (χ4n) is 1.81. The molecule has 0 radical (unpaired) electrons. The molecule has 0 saturated heterocycles. The van der Waals surface area contributed by atoms with E-state index in [1.54, 1.807) is 0 Å². The van der Waals surface area contributed by atoms with Gasteiger partial charge in [0, 0.05) is 0 Å². The molecule has 0 heterocycles. The summed E-state index contributed by atoms with van der Waals surface area (Å²) in [7, 11) is 0. The molecule has 2 aromatic rings. The SMILES string of the molecule is C#CCOCc1ccc2c(C)cccc2c1. The van der Waals surface area contributed by atoms with E-state index in [1.165, 1.54) is 16.3 Å². The minimum Gasteiger partial charge on any atom is -0.364 e. The molecule has 0 atom stereocenters. The van der Waals surface area contributed by atoms with E-state index in [1.807, 2.05) is 0 Å². The summed E-state index contributed by atoms with van der Waals surface area (Å²) in [6.45, 7) is 3.07. The van der Waals surface area contributed by atoms with Gasteiger partial charge in [-0.25, -0.2) is 0 Å². The predicted octanol–water partition coefficient (Wildman–Crippen LogP) is 3.30. The molecule has 0 fully saturated rings. The molecule has 0 spiro atoms. The van der Waals surface area contributed by atoms with Crippen molar-refractivity contribution < 1.29 is 4.74 Å². The number of ether oxygens (including phenoxy) is 1. The van der Waals surface area contributed by atoms with Crippen molar-refractivity contribution in [2.45, 2.75) is 13.5 Å². The predicted molar refractivity (Wildman–Crippen MR) is 67.2 cm³/mol. The molecule has 0 unspecified atom stereocenters. The molecule has 16 heavy (non-hydrogen) atoms. The Hall–Kier alpha value is -1.78. The van der Waals surface area contributed by atoms with Gasteiger partial charge in [-0.2, -0.15) is 0 Å². The average Bonchev–Trinajstić information content (AvgIpc) is 2.30. The van der Waals surface area contributed by atoms with Crippen LogP contribution in [0.3, 0.4) is 0 Å². The Morgan fingerprint density at radius 3 is 2.94 bits per heavy atom. The molecule has 0 aliphatic heterocycles. The van der Waals surface area contributed by atoms with Crippen LogP contribution in [0.4, 0.5) is 0 Å². The van der Waals surface area contributed by atoms with Crippen molar-refractivity contribution in [1.82, 2.24) is 0 Å². The van der Waals surface area contributed by atoms with E-state index in [0.717, 1.165) is 5.56 Å². The minimum atomic E-state index is 0.367. The first-order valence-electron chi connectivity index (χ1n) is 5.31. The van der Waals surface area contributed by atoms with Crippen LogP contribution < -0.4 is 0 Å². The monoisotopic (exact) mass is 210 g/mol. The van der Waals surface area contributed by atoms with Crippen LogP contribution in [-0.4, -0.2) is 6.61 Å².